The molecule has 3 nitrogen and oxygen atoms in total. The molecule has 0 fully saturated rings. The van der Waals surface area contributed by atoms with E-state index in [0.717, 1.165) is 11.3 Å². The Morgan fingerprint density at radius 3 is 2.43 bits per heavy atom. The van der Waals surface area contributed by atoms with Gasteiger partial charge in [-0.05, 0) is 36.4 Å². The van der Waals surface area contributed by atoms with Crippen LogP contribution in [0, 0.1) is 0 Å². The van der Waals surface area contributed by atoms with E-state index >= 15 is 0 Å². The van der Waals surface area contributed by atoms with E-state index in [-0.39, 0.29) is 5.43 Å². The normalized spacial score (nSPS) is 10.8. The highest BCUT2D eigenvalue weighted by molar-refractivity contribution is 6.38. The molecule has 0 aliphatic heterocycles. The Morgan fingerprint density at radius 2 is 1.76 bits per heavy atom. The van der Waals surface area contributed by atoms with E-state index < -0.39 is 0 Å². The van der Waals surface area contributed by atoms with Gasteiger partial charge in [-0.1, -0.05) is 23.2 Å². The molecular formula is C16H10Cl2O3. The topological polar surface area (TPSA) is 39.4 Å². The molecule has 0 saturated carbocycles. The zero-order chi connectivity index (χ0) is 15.0. The summed E-state index contributed by atoms with van der Waals surface area (Å²) in [6.07, 6.45) is 0. The Hall–Kier alpha value is -1.97. The van der Waals surface area contributed by atoms with Crippen LogP contribution in [0.1, 0.15) is 0 Å². The zero-order valence-corrected chi connectivity index (χ0v) is 12.5. The minimum absolute atomic E-state index is 0.188. The lowest BCUT2D eigenvalue weighted by Gasteiger charge is -2.06. The van der Waals surface area contributed by atoms with E-state index in [4.69, 9.17) is 32.4 Å². The second kappa shape index (κ2) is 5.43. The van der Waals surface area contributed by atoms with Gasteiger partial charge in [0.15, 0.2) is 11.0 Å². The third-order valence-electron chi connectivity index (χ3n) is 3.12. The first kappa shape index (κ1) is 14.0. The monoisotopic (exact) mass is 320 g/mol. The van der Waals surface area contributed by atoms with Gasteiger partial charge in [-0.2, -0.15) is 0 Å². The van der Waals surface area contributed by atoms with Crippen LogP contribution in [0.5, 0.6) is 5.75 Å². The number of fused-ring (bicyclic) bond motifs is 1. The molecule has 0 atom stereocenters. The van der Waals surface area contributed by atoms with Crippen molar-refractivity contribution >= 4 is 34.2 Å². The van der Waals surface area contributed by atoms with Crippen molar-refractivity contribution in [3.05, 3.63) is 62.7 Å². The lowest BCUT2D eigenvalue weighted by Crippen LogP contribution is -2.00. The van der Waals surface area contributed by atoms with Gasteiger partial charge in [-0.25, -0.2) is 0 Å². The molecule has 0 amide bonds. The summed E-state index contributed by atoms with van der Waals surface area (Å²) in [5.74, 6) is 1.17. The molecule has 5 heteroatoms. The first-order valence-corrected chi connectivity index (χ1v) is 6.91. The standard InChI is InChI=1S/C16H10Cl2O3/c1-20-11-4-2-9(3-5-11)15-8-14(19)12-6-10(17)7-13(18)16(12)21-15/h2-8H,1H3. The molecular weight excluding hydrogens is 311 g/mol. The van der Waals surface area contributed by atoms with Gasteiger partial charge < -0.3 is 9.15 Å². The molecule has 3 aromatic rings. The predicted octanol–water partition coefficient (Wildman–Crippen LogP) is 4.78. The van der Waals surface area contributed by atoms with Crippen LogP contribution in [0.4, 0.5) is 0 Å². The average Bonchev–Trinajstić information content (AvgIpc) is 2.48. The summed E-state index contributed by atoms with van der Waals surface area (Å²) in [7, 11) is 1.59. The maximum absolute atomic E-state index is 12.2. The smallest absolute Gasteiger partial charge is 0.193 e. The number of halogens is 2. The molecule has 0 N–H and O–H groups in total. The molecule has 0 bridgehead atoms. The van der Waals surface area contributed by atoms with Crippen molar-refractivity contribution < 1.29 is 9.15 Å². The van der Waals surface area contributed by atoms with Crippen LogP contribution in [-0.4, -0.2) is 7.11 Å². The number of rotatable bonds is 2. The van der Waals surface area contributed by atoms with Crippen LogP contribution in [0.15, 0.2) is 51.7 Å². The van der Waals surface area contributed by atoms with Crippen molar-refractivity contribution in [2.45, 2.75) is 0 Å². The van der Waals surface area contributed by atoms with Gasteiger partial charge in [-0.15, -0.1) is 0 Å². The maximum atomic E-state index is 12.2. The lowest BCUT2D eigenvalue weighted by molar-refractivity contribution is 0.415. The third-order valence-corrected chi connectivity index (χ3v) is 3.62. The fourth-order valence-electron chi connectivity index (χ4n) is 2.08. The molecule has 1 aromatic heterocycles. The summed E-state index contributed by atoms with van der Waals surface area (Å²) in [5.41, 5.74) is 0.909. The number of methoxy groups -OCH3 is 1. The van der Waals surface area contributed by atoms with Gasteiger partial charge in [-0.3, -0.25) is 4.79 Å². The molecule has 0 unspecified atom stereocenters. The summed E-state index contributed by atoms with van der Waals surface area (Å²) in [6.45, 7) is 0. The second-order valence-corrected chi connectivity index (χ2v) is 5.31. The average molecular weight is 321 g/mol. The number of hydrogen-bond donors (Lipinski definition) is 0. The summed E-state index contributed by atoms with van der Waals surface area (Å²) in [6, 6.07) is 11.7. The van der Waals surface area contributed by atoms with Crippen molar-refractivity contribution in [3.63, 3.8) is 0 Å². The maximum Gasteiger partial charge on any atom is 0.193 e. The van der Waals surface area contributed by atoms with Crippen LogP contribution in [0.3, 0.4) is 0 Å². The minimum atomic E-state index is -0.188. The van der Waals surface area contributed by atoms with Gasteiger partial charge in [0.25, 0.3) is 0 Å². The Balaban J connectivity index is 2.22. The van der Waals surface area contributed by atoms with Crippen molar-refractivity contribution in [3.8, 4) is 17.1 Å². The number of hydrogen-bond acceptors (Lipinski definition) is 3. The van der Waals surface area contributed by atoms with E-state index in [2.05, 4.69) is 0 Å². The molecule has 1 heterocycles. The molecule has 2 aromatic carbocycles. The Morgan fingerprint density at radius 1 is 1.05 bits per heavy atom. The fourth-order valence-corrected chi connectivity index (χ4v) is 2.61. The van der Waals surface area contributed by atoms with Gasteiger partial charge in [0.2, 0.25) is 0 Å². The van der Waals surface area contributed by atoms with Gasteiger partial charge in [0.05, 0.1) is 17.5 Å². The van der Waals surface area contributed by atoms with E-state index in [1.165, 1.54) is 6.07 Å². The van der Waals surface area contributed by atoms with Crippen molar-refractivity contribution in [2.75, 3.05) is 7.11 Å². The van der Waals surface area contributed by atoms with E-state index in [9.17, 15) is 4.79 Å². The molecule has 3 rings (SSSR count). The van der Waals surface area contributed by atoms with Crippen molar-refractivity contribution in [1.29, 1.82) is 0 Å². The quantitative estimate of drug-likeness (QED) is 0.682. The summed E-state index contributed by atoms with van der Waals surface area (Å²) in [4.78, 5) is 12.2. The second-order valence-electron chi connectivity index (χ2n) is 4.47. The largest absolute Gasteiger partial charge is 0.497 e. The molecule has 0 aliphatic carbocycles. The van der Waals surface area contributed by atoms with E-state index in [0.29, 0.717) is 26.8 Å². The molecule has 0 spiro atoms. The van der Waals surface area contributed by atoms with Crippen molar-refractivity contribution in [1.82, 2.24) is 0 Å². The number of ether oxygens (including phenoxy) is 1. The highest BCUT2D eigenvalue weighted by Crippen LogP contribution is 2.30. The Bertz CT molecular complexity index is 867. The highest BCUT2D eigenvalue weighted by atomic mass is 35.5. The van der Waals surface area contributed by atoms with E-state index in [1.54, 1.807) is 31.4 Å². The SMILES string of the molecule is COc1ccc(-c2cc(=O)c3cc(Cl)cc(Cl)c3o2)cc1. The van der Waals surface area contributed by atoms with Crippen LogP contribution >= 0.6 is 23.2 Å². The van der Waals surface area contributed by atoms with Crippen LogP contribution in [-0.2, 0) is 0 Å². The summed E-state index contributed by atoms with van der Waals surface area (Å²) < 4.78 is 10.9. The fraction of sp³-hybridized carbons (Fsp3) is 0.0625. The first-order valence-electron chi connectivity index (χ1n) is 6.16. The van der Waals surface area contributed by atoms with E-state index in [1.807, 2.05) is 12.1 Å². The van der Waals surface area contributed by atoms with Crippen LogP contribution in [0.2, 0.25) is 10.0 Å². The van der Waals surface area contributed by atoms with Gasteiger partial charge in [0.1, 0.15) is 11.5 Å². The summed E-state index contributed by atoms with van der Waals surface area (Å²) >= 11 is 12.0. The minimum Gasteiger partial charge on any atom is -0.497 e. The highest BCUT2D eigenvalue weighted by Gasteiger charge is 2.11. The van der Waals surface area contributed by atoms with Crippen molar-refractivity contribution in [2.24, 2.45) is 0 Å². The Labute approximate surface area is 130 Å². The molecule has 0 radical (unpaired) electrons. The zero-order valence-electron chi connectivity index (χ0n) is 11.0. The first-order chi connectivity index (χ1) is 10.1. The Kier molecular flexibility index (Phi) is 3.62. The third kappa shape index (κ3) is 2.62. The molecule has 0 saturated heterocycles. The predicted molar refractivity (Wildman–Crippen MR) is 84.5 cm³/mol. The lowest BCUT2D eigenvalue weighted by atomic mass is 10.1. The van der Waals surface area contributed by atoms with Gasteiger partial charge >= 0.3 is 0 Å². The molecule has 106 valence electrons. The van der Waals surface area contributed by atoms with Crippen LogP contribution in [0.25, 0.3) is 22.3 Å². The van der Waals surface area contributed by atoms with Crippen LogP contribution < -0.4 is 10.2 Å². The molecule has 21 heavy (non-hydrogen) atoms. The number of benzene rings is 2. The molecule has 0 aliphatic rings. The van der Waals surface area contributed by atoms with Gasteiger partial charge in [0, 0.05) is 16.7 Å². The summed E-state index contributed by atoms with van der Waals surface area (Å²) in [5, 5.41) is 1.08.